The van der Waals surface area contributed by atoms with Crippen LogP contribution in [0.25, 0.3) is 10.6 Å². The van der Waals surface area contributed by atoms with Crippen LogP contribution in [0.1, 0.15) is 42.5 Å². The largest absolute Gasteiger partial charge is 0.349 e. The Morgan fingerprint density at radius 3 is 2.90 bits per heavy atom. The van der Waals surface area contributed by atoms with Crippen molar-refractivity contribution < 1.29 is 4.79 Å². The van der Waals surface area contributed by atoms with Crippen LogP contribution in [-0.4, -0.2) is 21.9 Å². The molecule has 20 heavy (non-hydrogen) atoms. The van der Waals surface area contributed by atoms with E-state index in [9.17, 15) is 4.79 Å². The van der Waals surface area contributed by atoms with Crippen molar-refractivity contribution in [2.75, 3.05) is 0 Å². The Hall–Kier alpha value is -1.75. The Morgan fingerprint density at radius 1 is 1.30 bits per heavy atom. The van der Waals surface area contributed by atoms with Crippen molar-refractivity contribution in [3.63, 3.8) is 0 Å². The zero-order chi connectivity index (χ0) is 13.8. The molecule has 1 saturated carbocycles. The minimum Gasteiger partial charge on any atom is -0.349 e. The van der Waals surface area contributed by atoms with Crippen molar-refractivity contribution in [3.05, 3.63) is 35.6 Å². The molecule has 104 valence electrons. The first-order valence-corrected chi connectivity index (χ1v) is 7.87. The summed E-state index contributed by atoms with van der Waals surface area (Å²) in [4.78, 5) is 21.8. The van der Waals surface area contributed by atoms with Crippen LogP contribution in [0.3, 0.4) is 0 Å². The van der Waals surface area contributed by atoms with Gasteiger partial charge in [-0.3, -0.25) is 14.8 Å². The van der Waals surface area contributed by atoms with E-state index in [1.54, 1.807) is 24.0 Å². The standard InChI is InChI=1S/C15H17N3OS/c19-15(18-11-5-2-1-3-6-11)12-7-4-8-17-14(12)13-9-16-10-20-13/h4,7-11H,1-3,5-6H2,(H,18,19). The highest BCUT2D eigenvalue weighted by Gasteiger charge is 2.19. The van der Waals surface area contributed by atoms with Crippen LogP contribution in [0.4, 0.5) is 0 Å². The van der Waals surface area contributed by atoms with Crippen LogP contribution in [0.2, 0.25) is 0 Å². The van der Waals surface area contributed by atoms with Gasteiger partial charge in [-0.15, -0.1) is 11.3 Å². The molecule has 0 unspecified atom stereocenters. The number of nitrogens with zero attached hydrogens (tertiary/aromatic N) is 2. The topological polar surface area (TPSA) is 54.9 Å². The fourth-order valence-corrected chi connectivity index (χ4v) is 3.26. The average Bonchev–Trinajstić information content (AvgIpc) is 3.02. The van der Waals surface area contributed by atoms with E-state index in [4.69, 9.17) is 0 Å². The van der Waals surface area contributed by atoms with E-state index < -0.39 is 0 Å². The van der Waals surface area contributed by atoms with Crippen LogP contribution in [-0.2, 0) is 0 Å². The Bertz CT molecular complexity index is 577. The summed E-state index contributed by atoms with van der Waals surface area (Å²) in [6.45, 7) is 0. The van der Waals surface area contributed by atoms with Crippen molar-refractivity contribution in [3.8, 4) is 10.6 Å². The lowest BCUT2D eigenvalue weighted by Gasteiger charge is -2.23. The van der Waals surface area contributed by atoms with Gasteiger partial charge in [0.1, 0.15) is 0 Å². The number of hydrogen-bond acceptors (Lipinski definition) is 4. The summed E-state index contributed by atoms with van der Waals surface area (Å²) in [5.74, 6) is -0.0200. The molecule has 2 heterocycles. The van der Waals surface area contributed by atoms with Crippen molar-refractivity contribution in [2.24, 2.45) is 0 Å². The molecule has 0 aromatic carbocycles. The van der Waals surface area contributed by atoms with Crippen molar-refractivity contribution in [1.29, 1.82) is 0 Å². The van der Waals surface area contributed by atoms with Crippen molar-refractivity contribution in [2.45, 2.75) is 38.1 Å². The molecule has 2 aromatic rings. The fraction of sp³-hybridized carbons (Fsp3) is 0.400. The highest BCUT2D eigenvalue weighted by molar-refractivity contribution is 7.13. The number of aromatic nitrogens is 2. The molecule has 0 radical (unpaired) electrons. The molecule has 0 aliphatic heterocycles. The number of nitrogens with one attached hydrogen (secondary N) is 1. The molecule has 1 aliphatic rings. The van der Waals surface area contributed by atoms with Gasteiger partial charge in [0.25, 0.3) is 5.91 Å². The fourth-order valence-electron chi connectivity index (χ4n) is 2.63. The van der Waals surface area contributed by atoms with E-state index in [-0.39, 0.29) is 5.91 Å². The maximum absolute atomic E-state index is 12.5. The van der Waals surface area contributed by atoms with Gasteiger partial charge in [-0.25, -0.2) is 0 Å². The van der Waals surface area contributed by atoms with E-state index >= 15 is 0 Å². The molecular weight excluding hydrogens is 270 g/mol. The third-order valence-electron chi connectivity index (χ3n) is 3.66. The number of pyridine rings is 1. The molecule has 2 aromatic heterocycles. The number of thiazole rings is 1. The maximum atomic E-state index is 12.5. The first-order valence-electron chi connectivity index (χ1n) is 6.99. The zero-order valence-electron chi connectivity index (χ0n) is 11.2. The van der Waals surface area contributed by atoms with Crippen LogP contribution in [0.5, 0.6) is 0 Å². The molecule has 1 aliphatic carbocycles. The summed E-state index contributed by atoms with van der Waals surface area (Å²) >= 11 is 1.50. The van der Waals surface area contributed by atoms with Gasteiger partial charge in [0.05, 0.1) is 21.6 Å². The van der Waals surface area contributed by atoms with Gasteiger partial charge in [-0.2, -0.15) is 0 Å². The summed E-state index contributed by atoms with van der Waals surface area (Å²) in [5, 5.41) is 3.14. The monoisotopic (exact) mass is 287 g/mol. The zero-order valence-corrected chi connectivity index (χ0v) is 12.0. The number of carbonyl (C=O) groups excluding carboxylic acids is 1. The molecule has 3 rings (SSSR count). The molecule has 0 spiro atoms. The lowest BCUT2D eigenvalue weighted by atomic mass is 9.95. The highest BCUT2D eigenvalue weighted by Crippen LogP contribution is 2.25. The SMILES string of the molecule is O=C(NC1CCCCC1)c1cccnc1-c1cncs1. The second-order valence-electron chi connectivity index (χ2n) is 5.07. The summed E-state index contributed by atoms with van der Waals surface area (Å²) in [6, 6.07) is 3.95. The highest BCUT2D eigenvalue weighted by atomic mass is 32.1. The van der Waals surface area contributed by atoms with Gasteiger partial charge in [0.2, 0.25) is 0 Å². The first-order chi connectivity index (χ1) is 9.84. The Morgan fingerprint density at radius 2 is 2.15 bits per heavy atom. The molecule has 1 fully saturated rings. The van der Waals surface area contributed by atoms with E-state index in [0.717, 1.165) is 23.4 Å². The lowest BCUT2D eigenvalue weighted by molar-refractivity contribution is 0.0928. The van der Waals surface area contributed by atoms with Crippen molar-refractivity contribution in [1.82, 2.24) is 15.3 Å². The van der Waals surface area contributed by atoms with E-state index in [1.165, 1.54) is 30.6 Å². The number of amides is 1. The third kappa shape index (κ3) is 2.88. The second-order valence-corrected chi connectivity index (χ2v) is 5.96. The van der Waals surface area contributed by atoms with Crippen molar-refractivity contribution >= 4 is 17.2 Å². The third-order valence-corrected chi connectivity index (χ3v) is 4.44. The summed E-state index contributed by atoms with van der Waals surface area (Å²) in [6.07, 6.45) is 9.34. The molecule has 1 amide bonds. The number of carbonyl (C=O) groups is 1. The lowest BCUT2D eigenvalue weighted by Crippen LogP contribution is -2.36. The van der Waals surface area contributed by atoms with Gasteiger partial charge in [0.15, 0.2) is 0 Å². The molecular formula is C15H17N3OS. The Balaban J connectivity index is 1.81. The maximum Gasteiger partial charge on any atom is 0.253 e. The molecule has 0 atom stereocenters. The average molecular weight is 287 g/mol. The van der Waals surface area contributed by atoms with Gasteiger partial charge >= 0.3 is 0 Å². The predicted octanol–water partition coefficient (Wildman–Crippen LogP) is 3.27. The number of rotatable bonds is 3. The number of hydrogen-bond donors (Lipinski definition) is 1. The molecule has 1 N–H and O–H groups in total. The summed E-state index contributed by atoms with van der Waals surface area (Å²) in [7, 11) is 0. The summed E-state index contributed by atoms with van der Waals surface area (Å²) < 4.78 is 0. The van der Waals surface area contributed by atoms with E-state index in [2.05, 4.69) is 15.3 Å². The Labute approximate surface area is 122 Å². The first kappa shape index (κ1) is 13.2. The minimum absolute atomic E-state index is 0.0200. The van der Waals surface area contributed by atoms with Gasteiger partial charge in [-0.1, -0.05) is 19.3 Å². The molecule has 0 bridgehead atoms. The minimum atomic E-state index is -0.0200. The van der Waals surface area contributed by atoms with Crippen LogP contribution < -0.4 is 5.32 Å². The summed E-state index contributed by atoms with van der Waals surface area (Å²) in [5.41, 5.74) is 3.12. The molecule has 5 heteroatoms. The second kappa shape index (κ2) is 6.13. The van der Waals surface area contributed by atoms with Crippen LogP contribution in [0.15, 0.2) is 30.0 Å². The molecule has 0 saturated heterocycles. The predicted molar refractivity (Wildman–Crippen MR) is 79.7 cm³/mol. The Kier molecular flexibility index (Phi) is 4.06. The van der Waals surface area contributed by atoms with Crippen LogP contribution >= 0.6 is 11.3 Å². The van der Waals surface area contributed by atoms with E-state index in [0.29, 0.717) is 11.6 Å². The molecule has 4 nitrogen and oxygen atoms in total. The normalized spacial score (nSPS) is 16.0. The van der Waals surface area contributed by atoms with Gasteiger partial charge < -0.3 is 5.32 Å². The van der Waals surface area contributed by atoms with Gasteiger partial charge in [0, 0.05) is 18.4 Å². The van der Waals surface area contributed by atoms with Crippen LogP contribution in [0, 0.1) is 0 Å². The smallest absolute Gasteiger partial charge is 0.253 e. The van der Waals surface area contributed by atoms with Gasteiger partial charge in [-0.05, 0) is 25.0 Å². The quantitative estimate of drug-likeness (QED) is 0.942. The van der Waals surface area contributed by atoms with E-state index in [1.807, 2.05) is 6.07 Å².